The lowest BCUT2D eigenvalue weighted by atomic mass is 10.3. The highest BCUT2D eigenvalue weighted by molar-refractivity contribution is 5.82. The van der Waals surface area contributed by atoms with Gasteiger partial charge in [-0.25, -0.2) is 4.79 Å². The first-order chi connectivity index (χ1) is 7.90. The van der Waals surface area contributed by atoms with Gasteiger partial charge in [0.05, 0.1) is 0 Å². The van der Waals surface area contributed by atoms with E-state index in [1.54, 1.807) is 0 Å². The summed E-state index contributed by atoms with van der Waals surface area (Å²) in [6, 6.07) is -1.34. The molecule has 3 N–H and O–H groups in total. The van der Waals surface area contributed by atoms with Crippen molar-refractivity contribution in [1.82, 2.24) is 15.5 Å². The number of carbonyl (C=O) groups is 2. The molecule has 0 aromatic rings. The fourth-order valence-electron chi connectivity index (χ4n) is 1.44. The van der Waals surface area contributed by atoms with Crippen LogP contribution in [0.25, 0.3) is 0 Å². The number of rotatable bonds is 7. The molecule has 1 unspecified atom stereocenters. The predicted octanol–water partition coefficient (Wildman–Crippen LogP) is 0.489. The first-order valence-electron chi connectivity index (χ1n) is 5.92. The number of urea groups is 1. The number of nitrogens with one attached hydrogen (secondary N) is 2. The average Bonchev–Trinajstić information content (AvgIpc) is 2.25. The van der Waals surface area contributed by atoms with E-state index in [1.165, 1.54) is 6.92 Å². The van der Waals surface area contributed by atoms with Gasteiger partial charge >= 0.3 is 12.0 Å². The molecule has 0 fully saturated rings. The Morgan fingerprint density at radius 3 is 2.12 bits per heavy atom. The van der Waals surface area contributed by atoms with Gasteiger partial charge in [-0.2, -0.15) is 0 Å². The summed E-state index contributed by atoms with van der Waals surface area (Å²) in [5.74, 6) is -1.04. The van der Waals surface area contributed by atoms with Crippen molar-refractivity contribution in [2.45, 2.75) is 39.8 Å². The molecule has 6 heteroatoms. The first kappa shape index (κ1) is 15.7. The first-order valence-corrected chi connectivity index (χ1v) is 5.92. The van der Waals surface area contributed by atoms with Crippen LogP contribution in [0, 0.1) is 0 Å². The van der Waals surface area contributed by atoms with Gasteiger partial charge in [0.2, 0.25) is 0 Å². The van der Waals surface area contributed by atoms with Crippen molar-refractivity contribution in [1.29, 1.82) is 0 Å². The second kappa shape index (κ2) is 7.89. The molecule has 0 aromatic heterocycles. The number of hydrogen-bond acceptors (Lipinski definition) is 3. The maximum Gasteiger partial charge on any atom is 0.325 e. The van der Waals surface area contributed by atoms with Crippen molar-refractivity contribution in [3.05, 3.63) is 0 Å². The largest absolute Gasteiger partial charge is 0.480 e. The second-order valence-electron chi connectivity index (χ2n) is 4.06. The number of amides is 2. The molecule has 17 heavy (non-hydrogen) atoms. The minimum atomic E-state index is -1.04. The Hall–Kier alpha value is -1.30. The van der Waals surface area contributed by atoms with Gasteiger partial charge < -0.3 is 20.6 Å². The van der Waals surface area contributed by atoms with E-state index in [0.717, 1.165) is 19.6 Å². The maximum absolute atomic E-state index is 11.4. The Labute approximate surface area is 102 Å². The predicted molar refractivity (Wildman–Crippen MR) is 66.0 cm³/mol. The zero-order valence-corrected chi connectivity index (χ0v) is 11.0. The molecule has 0 bridgehead atoms. The summed E-state index contributed by atoms with van der Waals surface area (Å²) >= 11 is 0. The van der Waals surface area contributed by atoms with Crippen LogP contribution in [0.4, 0.5) is 4.79 Å². The van der Waals surface area contributed by atoms with Gasteiger partial charge in [-0.1, -0.05) is 13.8 Å². The molecule has 0 saturated heterocycles. The van der Waals surface area contributed by atoms with E-state index in [-0.39, 0.29) is 6.04 Å². The highest BCUT2D eigenvalue weighted by Gasteiger charge is 2.15. The van der Waals surface area contributed by atoms with Crippen molar-refractivity contribution in [2.75, 3.05) is 19.6 Å². The van der Waals surface area contributed by atoms with Crippen LogP contribution >= 0.6 is 0 Å². The smallest absolute Gasteiger partial charge is 0.325 e. The van der Waals surface area contributed by atoms with Crippen LogP contribution in [0.2, 0.25) is 0 Å². The minimum absolute atomic E-state index is 0.0177. The van der Waals surface area contributed by atoms with Gasteiger partial charge in [-0.15, -0.1) is 0 Å². The lowest BCUT2D eigenvalue weighted by Gasteiger charge is -2.23. The number of aliphatic carboxylic acids is 1. The Balaban J connectivity index is 3.99. The second-order valence-corrected chi connectivity index (χ2v) is 4.06. The molecule has 0 saturated carbocycles. The number of nitrogens with zero attached hydrogens (tertiary/aromatic N) is 1. The molecule has 0 radical (unpaired) electrons. The molecule has 2 amide bonds. The molecule has 2 atom stereocenters. The number of likely N-dealkylation sites (N-methyl/N-ethyl adjacent to an activating group) is 1. The average molecular weight is 245 g/mol. The Morgan fingerprint density at radius 2 is 1.71 bits per heavy atom. The van der Waals surface area contributed by atoms with Crippen LogP contribution in [0.15, 0.2) is 0 Å². The summed E-state index contributed by atoms with van der Waals surface area (Å²) in [5.41, 5.74) is 0. The third kappa shape index (κ3) is 6.78. The van der Waals surface area contributed by atoms with Crippen LogP contribution in [-0.2, 0) is 4.79 Å². The van der Waals surface area contributed by atoms with Crippen molar-refractivity contribution in [3.8, 4) is 0 Å². The van der Waals surface area contributed by atoms with Gasteiger partial charge in [0, 0.05) is 12.6 Å². The molecule has 0 heterocycles. The zero-order chi connectivity index (χ0) is 13.4. The number of hydrogen-bond donors (Lipinski definition) is 3. The van der Waals surface area contributed by atoms with E-state index in [1.807, 2.05) is 6.92 Å². The van der Waals surface area contributed by atoms with E-state index < -0.39 is 18.0 Å². The number of carboxylic acids is 1. The summed E-state index contributed by atoms with van der Waals surface area (Å²) in [4.78, 5) is 24.1. The molecule has 0 aliphatic carbocycles. The van der Waals surface area contributed by atoms with E-state index >= 15 is 0 Å². The van der Waals surface area contributed by atoms with Gasteiger partial charge in [-0.3, -0.25) is 4.79 Å². The molecular weight excluding hydrogens is 222 g/mol. The minimum Gasteiger partial charge on any atom is -0.480 e. The third-order valence-electron chi connectivity index (χ3n) is 2.52. The van der Waals surface area contributed by atoms with Crippen LogP contribution in [-0.4, -0.2) is 53.7 Å². The van der Waals surface area contributed by atoms with Crippen LogP contribution in [0.3, 0.4) is 0 Å². The van der Waals surface area contributed by atoms with E-state index in [0.29, 0.717) is 0 Å². The van der Waals surface area contributed by atoms with Gasteiger partial charge in [-0.05, 0) is 26.9 Å². The van der Waals surface area contributed by atoms with Gasteiger partial charge in [0.15, 0.2) is 0 Å². The third-order valence-corrected chi connectivity index (χ3v) is 2.52. The SMILES string of the molecule is CCN(CC)CC(C)NC(=O)N[C@@H](C)C(=O)O. The molecule has 0 aromatic carbocycles. The van der Waals surface area contributed by atoms with E-state index in [4.69, 9.17) is 5.11 Å². The van der Waals surface area contributed by atoms with E-state index in [9.17, 15) is 9.59 Å². The molecule has 100 valence electrons. The highest BCUT2D eigenvalue weighted by atomic mass is 16.4. The molecular formula is C11H23N3O3. The highest BCUT2D eigenvalue weighted by Crippen LogP contribution is 1.92. The maximum atomic E-state index is 11.4. The monoisotopic (exact) mass is 245 g/mol. The molecule has 6 nitrogen and oxygen atoms in total. The lowest BCUT2D eigenvalue weighted by Crippen LogP contribution is -2.49. The summed E-state index contributed by atoms with van der Waals surface area (Å²) in [6.07, 6.45) is 0. The van der Waals surface area contributed by atoms with Crippen LogP contribution in [0.1, 0.15) is 27.7 Å². The summed E-state index contributed by atoms with van der Waals surface area (Å²) in [5, 5.41) is 13.7. The molecule has 0 rings (SSSR count). The Bertz CT molecular complexity index is 254. The number of carboxylic acid groups (broad SMARTS) is 1. The van der Waals surface area contributed by atoms with Crippen molar-refractivity contribution in [3.63, 3.8) is 0 Å². The van der Waals surface area contributed by atoms with Gasteiger partial charge in [0.1, 0.15) is 6.04 Å². The molecule has 0 spiro atoms. The summed E-state index contributed by atoms with van der Waals surface area (Å²) in [7, 11) is 0. The van der Waals surface area contributed by atoms with Crippen molar-refractivity contribution >= 4 is 12.0 Å². The quantitative estimate of drug-likeness (QED) is 0.609. The van der Waals surface area contributed by atoms with Crippen LogP contribution < -0.4 is 10.6 Å². The normalized spacial score (nSPS) is 14.2. The molecule has 0 aliphatic heterocycles. The fourth-order valence-corrected chi connectivity index (χ4v) is 1.44. The zero-order valence-electron chi connectivity index (χ0n) is 11.0. The summed E-state index contributed by atoms with van der Waals surface area (Å²) < 4.78 is 0. The standard InChI is InChI=1S/C11H23N3O3/c1-5-14(6-2)7-8(3)12-11(17)13-9(4)10(15)16/h8-9H,5-7H2,1-4H3,(H,15,16)(H2,12,13,17)/t8?,9-/m0/s1. The van der Waals surface area contributed by atoms with Gasteiger partial charge in [0.25, 0.3) is 0 Å². The molecule has 0 aliphatic rings. The fraction of sp³-hybridized carbons (Fsp3) is 0.818. The lowest BCUT2D eigenvalue weighted by molar-refractivity contribution is -0.138. The topological polar surface area (TPSA) is 81.7 Å². The summed E-state index contributed by atoms with van der Waals surface area (Å²) in [6.45, 7) is 10.0. The van der Waals surface area contributed by atoms with Crippen molar-refractivity contribution < 1.29 is 14.7 Å². The van der Waals surface area contributed by atoms with Crippen molar-refractivity contribution in [2.24, 2.45) is 0 Å². The number of carbonyl (C=O) groups excluding carboxylic acids is 1. The Morgan fingerprint density at radius 1 is 1.18 bits per heavy atom. The Kier molecular flexibility index (Phi) is 7.29. The van der Waals surface area contributed by atoms with Crippen LogP contribution in [0.5, 0.6) is 0 Å². The van der Waals surface area contributed by atoms with E-state index in [2.05, 4.69) is 29.4 Å².